The van der Waals surface area contributed by atoms with E-state index in [1.807, 2.05) is 42.3 Å². The van der Waals surface area contributed by atoms with E-state index in [-0.39, 0.29) is 24.2 Å². The zero-order valence-electron chi connectivity index (χ0n) is 16.0. The number of carbonyl (C=O) groups is 2. The maximum Gasteiger partial charge on any atom is 0.250 e. The Kier molecular flexibility index (Phi) is 4.89. The predicted octanol–water partition coefficient (Wildman–Crippen LogP) is 3.56. The minimum atomic E-state index is -0.800. The van der Waals surface area contributed by atoms with Gasteiger partial charge in [-0.25, -0.2) is 4.39 Å². The van der Waals surface area contributed by atoms with Crippen molar-refractivity contribution in [1.82, 2.24) is 4.90 Å². The molecule has 0 unspecified atom stereocenters. The number of likely N-dealkylation sites (N-methyl/N-ethyl adjacent to an activating group) is 1. The van der Waals surface area contributed by atoms with Crippen LogP contribution in [0.25, 0.3) is 0 Å². The van der Waals surface area contributed by atoms with Crippen molar-refractivity contribution in [2.24, 2.45) is 0 Å². The molecule has 2 aromatic rings. The first-order chi connectivity index (χ1) is 13.5. The van der Waals surface area contributed by atoms with Crippen LogP contribution in [0, 0.1) is 5.82 Å². The topological polar surface area (TPSA) is 52.7 Å². The highest BCUT2D eigenvalue weighted by atomic mass is 19.1. The summed E-state index contributed by atoms with van der Waals surface area (Å²) in [7, 11) is 1.83. The smallest absolute Gasteiger partial charge is 0.250 e. The number of hydrogen-bond donors (Lipinski definition) is 1. The van der Waals surface area contributed by atoms with E-state index in [1.54, 1.807) is 11.0 Å². The van der Waals surface area contributed by atoms with Crippen LogP contribution < -0.4 is 10.2 Å². The summed E-state index contributed by atoms with van der Waals surface area (Å²) in [5, 5.41) is 2.99. The summed E-state index contributed by atoms with van der Waals surface area (Å²) in [5.74, 6) is -0.489. The van der Waals surface area contributed by atoms with Gasteiger partial charge in [-0.15, -0.1) is 0 Å². The van der Waals surface area contributed by atoms with E-state index in [9.17, 15) is 14.0 Å². The lowest BCUT2D eigenvalue weighted by molar-refractivity contribution is -0.127. The normalized spacial score (nSPS) is 17.7. The zero-order chi connectivity index (χ0) is 19.7. The van der Waals surface area contributed by atoms with Crippen molar-refractivity contribution < 1.29 is 14.0 Å². The number of rotatable bonds is 4. The molecule has 0 bridgehead atoms. The maximum absolute atomic E-state index is 13.4. The molecule has 2 amide bonds. The van der Waals surface area contributed by atoms with Crippen LogP contribution in [0.15, 0.2) is 48.5 Å². The number of fused-ring (bicyclic) bond motifs is 1. The monoisotopic (exact) mass is 381 g/mol. The highest BCUT2D eigenvalue weighted by Gasteiger charge is 2.52. The third-order valence-electron chi connectivity index (χ3n) is 5.67. The molecule has 0 radical (unpaired) electrons. The Labute approximate surface area is 164 Å². The molecule has 1 N–H and O–H groups in total. The fraction of sp³-hybridized carbons (Fsp3) is 0.364. The number of para-hydroxylation sites is 2. The second-order valence-electron chi connectivity index (χ2n) is 7.74. The Morgan fingerprint density at radius 1 is 1.18 bits per heavy atom. The van der Waals surface area contributed by atoms with Gasteiger partial charge in [0.1, 0.15) is 11.4 Å². The molecule has 1 spiro atoms. The fourth-order valence-electron chi connectivity index (χ4n) is 4.43. The van der Waals surface area contributed by atoms with Gasteiger partial charge in [-0.05, 0) is 49.7 Å². The van der Waals surface area contributed by atoms with Gasteiger partial charge in [0, 0.05) is 6.54 Å². The van der Waals surface area contributed by atoms with Gasteiger partial charge in [0.15, 0.2) is 0 Å². The molecule has 2 aromatic carbocycles. The summed E-state index contributed by atoms with van der Waals surface area (Å²) in [6.45, 7) is 0.609. The number of nitrogens with one attached hydrogen (secondary N) is 1. The Morgan fingerprint density at radius 3 is 2.68 bits per heavy atom. The van der Waals surface area contributed by atoms with Crippen molar-refractivity contribution in [3.8, 4) is 0 Å². The van der Waals surface area contributed by atoms with Crippen LogP contribution in [0.1, 0.15) is 31.2 Å². The van der Waals surface area contributed by atoms with E-state index in [0.29, 0.717) is 25.1 Å². The predicted molar refractivity (Wildman–Crippen MR) is 106 cm³/mol. The second-order valence-corrected chi connectivity index (χ2v) is 7.74. The zero-order valence-corrected chi connectivity index (χ0v) is 16.0. The summed E-state index contributed by atoms with van der Waals surface area (Å²) < 4.78 is 13.4. The van der Waals surface area contributed by atoms with Gasteiger partial charge >= 0.3 is 0 Å². The summed E-state index contributed by atoms with van der Waals surface area (Å²) in [6, 6.07) is 13.8. The number of amides is 2. The summed E-state index contributed by atoms with van der Waals surface area (Å²) in [6.07, 6.45) is 3.20. The molecular weight excluding hydrogens is 357 g/mol. The van der Waals surface area contributed by atoms with Crippen LogP contribution in [-0.4, -0.2) is 35.8 Å². The van der Waals surface area contributed by atoms with Crippen LogP contribution in [-0.2, 0) is 16.1 Å². The Balaban J connectivity index is 1.59. The molecule has 28 heavy (non-hydrogen) atoms. The Morgan fingerprint density at radius 2 is 1.93 bits per heavy atom. The Hall–Kier alpha value is -2.73. The highest BCUT2D eigenvalue weighted by molar-refractivity contribution is 6.15. The van der Waals surface area contributed by atoms with E-state index in [2.05, 4.69) is 5.32 Å². The first-order valence-corrected chi connectivity index (χ1v) is 9.66. The van der Waals surface area contributed by atoms with Gasteiger partial charge in [0.2, 0.25) is 5.91 Å². The molecule has 0 saturated heterocycles. The molecule has 0 aromatic heterocycles. The van der Waals surface area contributed by atoms with Crippen LogP contribution in [0.3, 0.4) is 0 Å². The molecule has 146 valence electrons. The van der Waals surface area contributed by atoms with Crippen LogP contribution in [0.4, 0.5) is 15.8 Å². The second kappa shape index (κ2) is 7.36. The van der Waals surface area contributed by atoms with Gasteiger partial charge in [0.05, 0.1) is 17.9 Å². The summed E-state index contributed by atoms with van der Waals surface area (Å²) in [4.78, 5) is 29.9. The number of halogens is 1. The number of carbonyl (C=O) groups excluding carboxylic acids is 2. The number of anilines is 2. The fourth-order valence-corrected chi connectivity index (χ4v) is 4.43. The third-order valence-corrected chi connectivity index (χ3v) is 5.67. The van der Waals surface area contributed by atoms with Gasteiger partial charge in [-0.2, -0.15) is 0 Å². The highest BCUT2D eigenvalue weighted by Crippen LogP contribution is 2.45. The van der Waals surface area contributed by atoms with E-state index >= 15 is 0 Å². The van der Waals surface area contributed by atoms with Gasteiger partial charge < -0.3 is 5.32 Å². The lowest BCUT2D eigenvalue weighted by Gasteiger charge is -2.44. The molecular formula is C22H24FN3O2. The molecule has 2 aliphatic rings. The standard InChI is InChI=1S/C22H24FN3O2/c1-25(14-16-7-6-8-17(23)13-16)15-20(27)26-19-10-3-2-9-18(19)24-21(28)22(26)11-4-5-12-22/h2-3,6-10,13H,4-5,11-12,14-15H2,1H3,(H,24,28). The van der Waals surface area contributed by atoms with Crippen molar-refractivity contribution in [3.05, 3.63) is 59.9 Å². The van der Waals surface area contributed by atoms with E-state index in [1.165, 1.54) is 12.1 Å². The number of hydrogen-bond acceptors (Lipinski definition) is 3. The Bertz CT molecular complexity index is 908. The van der Waals surface area contributed by atoms with Gasteiger partial charge in [0.25, 0.3) is 5.91 Å². The molecule has 0 atom stereocenters. The van der Waals surface area contributed by atoms with E-state index < -0.39 is 5.54 Å². The van der Waals surface area contributed by atoms with Crippen molar-refractivity contribution in [1.29, 1.82) is 0 Å². The molecule has 4 rings (SSSR count). The van der Waals surface area contributed by atoms with Crippen LogP contribution in [0.2, 0.25) is 0 Å². The minimum Gasteiger partial charge on any atom is -0.322 e. The van der Waals surface area contributed by atoms with Crippen LogP contribution >= 0.6 is 0 Å². The summed E-state index contributed by atoms with van der Waals surface area (Å²) >= 11 is 0. The first kappa shape index (κ1) is 18.6. The number of benzene rings is 2. The molecule has 1 saturated carbocycles. The van der Waals surface area contributed by atoms with Crippen molar-refractivity contribution in [2.75, 3.05) is 23.8 Å². The SMILES string of the molecule is CN(CC(=O)N1c2ccccc2NC(=O)C12CCCC2)Cc1cccc(F)c1. The lowest BCUT2D eigenvalue weighted by Crippen LogP contribution is -2.62. The van der Waals surface area contributed by atoms with Gasteiger partial charge in [-0.3, -0.25) is 19.4 Å². The average Bonchev–Trinajstić information content (AvgIpc) is 3.13. The van der Waals surface area contributed by atoms with Crippen molar-refractivity contribution in [2.45, 2.75) is 37.8 Å². The first-order valence-electron chi connectivity index (χ1n) is 9.66. The molecule has 6 heteroatoms. The van der Waals surface area contributed by atoms with E-state index in [4.69, 9.17) is 0 Å². The maximum atomic E-state index is 13.4. The van der Waals surface area contributed by atoms with E-state index in [0.717, 1.165) is 24.1 Å². The average molecular weight is 381 g/mol. The van der Waals surface area contributed by atoms with Crippen LogP contribution in [0.5, 0.6) is 0 Å². The molecule has 1 fully saturated rings. The summed E-state index contributed by atoms with van der Waals surface area (Å²) in [5.41, 5.74) is 1.44. The van der Waals surface area contributed by atoms with Crippen molar-refractivity contribution in [3.63, 3.8) is 0 Å². The quantitative estimate of drug-likeness (QED) is 0.881. The molecule has 1 aliphatic carbocycles. The minimum absolute atomic E-state index is 0.0927. The largest absolute Gasteiger partial charge is 0.322 e. The van der Waals surface area contributed by atoms with Gasteiger partial charge in [-0.1, -0.05) is 37.1 Å². The molecule has 1 aliphatic heterocycles. The lowest BCUT2D eigenvalue weighted by atomic mass is 9.89. The number of nitrogens with zero attached hydrogens (tertiary/aromatic N) is 2. The van der Waals surface area contributed by atoms with Crippen molar-refractivity contribution >= 4 is 23.2 Å². The molecule has 1 heterocycles. The third kappa shape index (κ3) is 3.29. The molecule has 5 nitrogen and oxygen atoms in total.